The van der Waals surface area contributed by atoms with E-state index < -0.39 is 5.09 Å². The summed E-state index contributed by atoms with van der Waals surface area (Å²) in [5.74, 6) is 2.00. The van der Waals surface area contributed by atoms with E-state index in [1.54, 1.807) is 0 Å². The van der Waals surface area contributed by atoms with Gasteiger partial charge in [0.15, 0.2) is 0 Å². The molecule has 0 aromatic rings. The van der Waals surface area contributed by atoms with Gasteiger partial charge in [-0.05, 0) is 0 Å². The minimum atomic E-state index is -1.50. The molecule has 0 aromatic carbocycles. The smallest absolute Gasteiger partial charge is 0.291 e. The van der Waals surface area contributed by atoms with Crippen LogP contribution in [0.3, 0.4) is 0 Å². The van der Waals surface area contributed by atoms with Crippen molar-refractivity contribution in [2.75, 3.05) is 0 Å². The average Bonchev–Trinajstić information content (AvgIpc) is 1.41. The van der Waals surface area contributed by atoms with Crippen LogP contribution < -0.4 is 5.90 Å². The molecule has 4 N–H and O–H groups in total. The molecule has 0 aliphatic heterocycles. The SMILES string of the molecule is O=[N+]([O-])O.[NH3+][O-]. The molecule has 0 aliphatic rings. The van der Waals surface area contributed by atoms with Gasteiger partial charge in [-0.1, -0.05) is 0 Å². The van der Waals surface area contributed by atoms with Crippen molar-refractivity contribution >= 4 is 0 Å². The predicted octanol–water partition coefficient (Wildman–Crippen LogP) is -1.62. The molecule has 0 fully saturated rings. The lowest BCUT2D eigenvalue weighted by Crippen LogP contribution is -2.37. The monoisotopic (exact) mass is 96.0 g/mol. The van der Waals surface area contributed by atoms with Crippen molar-refractivity contribution in [2.45, 2.75) is 0 Å². The largest absolute Gasteiger partial charge is 0.637 e. The average molecular weight is 96.0 g/mol. The van der Waals surface area contributed by atoms with E-state index in [2.05, 4.69) is 0 Å². The van der Waals surface area contributed by atoms with E-state index in [1.165, 1.54) is 0 Å². The van der Waals surface area contributed by atoms with Crippen LogP contribution in [0.5, 0.6) is 0 Å². The lowest BCUT2D eigenvalue weighted by molar-refractivity contribution is -0.742. The van der Waals surface area contributed by atoms with Gasteiger partial charge in [0, 0.05) is 0 Å². The first-order chi connectivity index (χ1) is 2.73. The van der Waals surface area contributed by atoms with Crippen LogP contribution >= 0.6 is 0 Å². The molecule has 0 heterocycles. The molecule has 0 rings (SSSR count). The van der Waals surface area contributed by atoms with Crippen molar-refractivity contribution in [1.82, 2.24) is 0 Å². The summed E-state index contributed by atoms with van der Waals surface area (Å²) in [7, 11) is 0. The van der Waals surface area contributed by atoms with Crippen LogP contribution in [-0.2, 0) is 0 Å². The first kappa shape index (κ1) is 8.93. The molecule has 0 spiro atoms. The van der Waals surface area contributed by atoms with Gasteiger partial charge in [0.2, 0.25) is 0 Å². The molecular weight excluding hydrogens is 92.0 g/mol. The summed E-state index contributed by atoms with van der Waals surface area (Å²) in [5.41, 5.74) is 0. The standard InChI is InChI=1S/HNO3.H3NO/c2-1(3)4;1-2/h(H,2,3,4);1H3. The minimum absolute atomic E-state index is 1.50. The van der Waals surface area contributed by atoms with Crippen LogP contribution in [0.2, 0.25) is 0 Å². The fourth-order valence-electron chi connectivity index (χ4n) is 0. The van der Waals surface area contributed by atoms with Crippen molar-refractivity contribution in [3.05, 3.63) is 15.3 Å². The first-order valence-electron chi connectivity index (χ1n) is 0.854. The Morgan fingerprint density at radius 1 is 1.67 bits per heavy atom. The topological polar surface area (TPSA) is 114 Å². The summed E-state index contributed by atoms with van der Waals surface area (Å²) in [6.07, 6.45) is 0. The normalized spacial score (nSPS) is 5.00. The Balaban J connectivity index is 0. The molecule has 0 amide bonds. The molecule has 0 radical (unpaired) electrons. The molecule has 38 valence electrons. The van der Waals surface area contributed by atoms with Gasteiger partial charge in [-0.15, -0.1) is 10.1 Å². The molecule has 6 heavy (non-hydrogen) atoms. The van der Waals surface area contributed by atoms with Crippen LogP contribution in [-0.4, -0.2) is 10.3 Å². The Morgan fingerprint density at radius 3 is 1.67 bits per heavy atom. The number of rotatable bonds is 0. The maximum absolute atomic E-state index is 8.36. The second-order valence-corrected chi connectivity index (χ2v) is 0.238. The van der Waals surface area contributed by atoms with Gasteiger partial charge >= 0.3 is 0 Å². The molecular formula is H4N2O4. The van der Waals surface area contributed by atoms with Crippen LogP contribution in [0.1, 0.15) is 0 Å². The van der Waals surface area contributed by atoms with E-state index in [-0.39, 0.29) is 0 Å². The maximum Gasteiger partial charge on any atom is 0.291 e. The Morgan fingerprint density at radius 2 is 1.67 bits per heavy atom. The molecule has 6 heteroatoms. The van der Waals surface area contributed by atoms with Crippen LogP contribution in [0.25, 0.3) is 0 Å². The lowest BCUT2D eigenvalue weighted by atomic mass is 13.1. The lowest BCUT2D eigenvalue weighted by Gasteiger charge is -1.56. The van der Waals surface area contributed by atoms with Crippen LogP contribution in [0.15, 0.2) is 0 Å². The Bertz CT molecular complexity index is 28.5. The Labute approximate surface area is 32.9 Å². The summed E-state index contributed by atoms with van der Waals surface area (Å²) in [4.78, 5) is 8.36. The molecule has 0 bridgehead atoms. The fourth-order valence-corrected chi connectivity index (χ4v) is 0. The summed E-state index contributed by atoms with van der Waals surface area (Å²) in [5, 5.41) is 21.6. The first-order valence-corrected chi connectivity index (χ1v) is 0.854. The minimum Gasteiger partial charge on any atom is -0.637 e. The zero-order chi connectivity index (χ0) is 5.58. The van der Waals surface area contributed by atoms with E-state index in [0.29, 0.717) is 0 Å². The highest BCUT2D eigenvalue weighted by molar-refractivity contribution is 3.83. The van der Waals surface area contributed by atoms with Crippen LogP contribution in [0.4, 0.5) is 0 Å². The third-order valence-electron chi connectivity index (χ3n) is 0. The van der Waals surface area contributed by atoms with Crippen molar-refractivity contribution in [3.63, 3.8) is 0 Å². The maximum atomic E-state index is 8.36. The van der Waals surface area contributed by atoms with Gasteiger partial charge in [-0.3, -0.25) is 0 Å². The van der Waals surface area contributed by atoms with Gasteiger partial charge in [-0.2, -0.15) is 0 Å². The van der Waals surface area contributed by atoms with E-state index in [9.17, 15) is 0 Å². The van der Waals surface area contributed by atoms with Gasteiger partial charge < -0.3 is 16.3 Å². The third kappa shape index (κ3) is 18.1. The summed E-state index contributed by atoms with van der Waals surface area (Å²) in [6, 6.07) is 0. The van der Waals surface area contributed by atoms with Gasteiger partial charge in [0.25, 0.3) is 5.09 Å². The second kappa shape index (κ2) is 8.92. The van der Waals surface area contributed by atoms with Gasteiger partial charge in [0.05, 0.1) is 0 Å². The number of quaternary nitrogens is 1. The van der Waals surface area contributed by atoms with E-state index in [1.807, 2.05) is 5.90 Å². The number of hydrogen-bond donors (Lipinski definition) is 2. The number of hydrogen-bond acceptors (Lipinski definition) is 3. The van der Waals surface area contributed by atoms with Crippen molar-refractivity contribution in [1.29, 1.82) is 0 Å². The highest BCUT2D eigenvalue weighted by Gasteiger charge is 1.65. The zero-order valence-corrected chi connectivity index (χ0v) is 2.83. The molecule has 0 aliphatic carbocycles. The molecule has 0 atom stereocenters. The van der Waals surface area contributed by atoms with Gasteiger partial charge in [0.1, 0.15) is 0 Å². The highest BCUT2D eigenvalue weighted by Crippen LogP contribution is 1.38. The molecule has 6 nitrogen and oxygen atoms in total. The summed E-state index contributed by atoms with van der Waals surface area (Å²) >= 11 is 0. The Kier molecular flexibility index (Phi) is 13.3. The molecule has 0 saturated heterocycles. The van der Waals surface area contributed by atoms with Crippen molar-refractivity contribution in [2.24, 2.45) is 0 Å². The van der Waals surface area contributed by atoms with Crippen molar-refractivity contribution in [3.8, 4) is 0 Å². The fraction of sp³-hybridized carbons (Fsp3) is 0. The zero-order valence-electron chi connectivity index (χ0n) is 2.83. The second-order valence-electron chi connectivity index (χ2n) is 0.238. The molecule has 0 aromatic heterocycles. The quantitative estimate of drug-likeness (QED) is 0.278. The Hall–Kier alpha value is -0.880. The molecule has 0 unspecified atom stereocenters. The third-order valence-corrected chi connectivity index (χ3v) is 0. The summed E-state index contributed by atoms with van der Waals surface area (Å²) in [6.45, 7) is 0. The predicted molar refractivity (Wildman–Crippen MR) is 15.0 cm³/mol. The van der Waals surface area contributed by atoms with Gasteiger partial charge in [-0.25, -0.2) is 0 Å². The number of nitrogens with zero attached hydrogens (tertiary/aromatic N) is 1. The van der Waals surface area contributed by atoms with E-state index in [4.69, 9.17) is 20.5 Å². The highest BCUT2D eigenvalue weighted by atomic mass is 16.9. The van der Waals surface area contributed by atoms with E-state index in [0.717, 1.165) is 0 Å². The molecule has 0 saturated carbocycles. The van der Waals surface area contributed by atoms with Crippen LogP contribution in [0, 0.1) is 15.3 Å². The summed E-state index contributed by atoms with van der Waals surface area (Å²) < 4.78 is 0. The van der Waals surface area contributed by atoms with Crippen molar-refractivity contribution < 1.29 is 16.2 Å². The van der Waals surface area contributed by atoms with E-state index >= 15 is 0 Å².